The fraction of sp³-hybridized carbons (Fsp3) is 0.240. The number of nitrogens with zero attached hydrogens (tertiary/aromatic N) is 4. The highest BCUT2D eigenvalue weighted by Crippen LogP contribution is 2.39. The molecule has 4 aromatic rings. The lowest BCUT2D eigenvalue weighted by Crippen LogP contribution is -2.22. The van der Waals surface area contributed by atoms with E-state index in [0.717, 1.165) is 47.6 Å². The average Bonchev–Trinajstić information content (AvgIpc) is 3.43. The molecule has 2 heterocycles. The lowest BCUT2D eigenvalue weighted by atomic mass is 10.1. The second-order valence-electron chi connectivity index (χ2n) is 7.98. The second kappa shape index (κ2) is 8.80. The highest BCUT2D eigenvalue weighted by atomic mass is 16.5. The first-order valence-corrected chi connectivity index (χ1v) is 10.8. The van der Waals surface area contributed by atoms with Gasteiger partial charge in [-0.05, 0) is 54.9 Å². The van der Waals surface area contributed by atoms with Crippen molar-refractivity contribution >= 4 is 33.3 Å². The number of aromatic hydroxyl groups is 1. The second-order valence-corrected chi connectivity index (χ2v) is 7.98. The van der Waals surface area contributed by atoms with Crippen LogP contribution in [-0.4, -0.2) is 40.2 Å². The molecule has 1 saturated heterocycles. The van der Waals surface area contributed by atoms with Gasteiger partial charge >= 0.3 is 5.91 Å². The van der Waals surface area contributed by atoms with Crippen LogP contribution in [0.3, 0.4) is 0 Å². The minimum atomic E-state index is -0.520. The zero-order chi connectivity index (χ0) is 21.9. The van der Waals surface area contributed by atoms with Crippen LogP contribution in [-0.2, 0) is 11.5 Å². The minimum Gasteiger partial charge on any atom is -0.493 e. The Morgan fingerprint density at radius 2 is 1.72 bits per heavy atom. The summed E-state index contributed by atoms with van der Waals surface area (Å²) in [6, 6.07) is 21.2. The van der Waals surface area contributed by atoms with E-state index in [4.69, 9.17) is 4.74 Å². The van der Waals surface area contributed by atoms with Gasteiger partial charge in [0.25, 0.3) is 0 Å². The summed E-state index contributed by atoms with van der Waals surface area (Å²) in [6.45, 7) is 2.37. The lowest BCUT2D eigenvalue weighted by Gasteiger charge is -2.17. The molecule has 1 aliphatic heterocycles. The fourth-order valence-corrected chi connectivity index (χ4v) is 4.17. The predicted octanol–water partition coefficient (Wildman–Crippen LogP) is 5.24. The van der Waals surface area contributed by atoms with E-state index in [1.165, 1.54) is 0 Å². The third-order valence-electron chi connectivity index (χ3n) is 5.80. The van der Waals surface area contributed by atoms with Gasteiger partial charge in [0.05, 0.1) is 12.2 Å². The molecule has 1 N–H and O–H groups in total. The molecule has 3 aromatic carbocycles. The van der Waals surface area contributed by atoms with Gasteiger partial charge in [-0.25, -0.2) is 0 Å². The number of ether oxygens (including phenoxy) is 1. The highest BCUT2D eigenvalue weighted by molar-refractivity contribution is 5.95. The van der Waals surface area contributed by atoms with Crippen molar-refractivity contribution in [1.29, 1.82) is 0 Å². The Morgan fingerprint density at radius 3 is 2.56 bits per heavy atom. The maximum Gasteiger partial charge on any atom is 0.302 e. The Kier molecular flexibility index (Phi) is 5.56. The fourth-order valence-electron chi connectivity index (χ4n) is 4.17. The third-order valence-corrected chi connectivity index (χ3v) is 5.80. The van der Waals surface area contributed by atoms with Crippen molar-refractivity contribution in [1.82, 2.24) is 9.47 Å². The van der Waals surface area contributed by atoms with Crippen LogP contribution in [0, 0.1) is 0 Å². The van der Waals surface area contributed by atoms with Gasteiger partial charge in [0.15, 0.2) is 12.3 Å². The molecule has 0 atom stereocenters. The van der Waals surface area contributed by atoms with E-state index in [1.54, 1.807) is 0 Å². The van der Waals surface area contributed by atoms with E-state index in [-0.39, 0.29) is 12.5 Å². The molecule has 1 fully saturated rings. The topological polar surface area (TPSA) is 79.4 Å². The van der Waals surface area contributed by atoms with E-state index in [9.17, 15) is 9.90 Å². The molecule has 32 heavy (non-hydrogen) atoms. The number of benzene rings is 3. The smallest absolute Gasteiger partial charge is 0.302 e. The van der Waals surface area contributed by atoms with Gasteiger partial charge in [-0.3, -0.25) is 14.3 Å². The van der Waals surface area contributed by atoms with E-state index in [1.807, 2.05) is 71.3 Å². The SMILES string of the molecule is O=C(COc1ccc2ccccc2c1)N=Nc1c(O)n(CN2CCCC2)c2ccccc12. The van der Waals surface area contributed by atoms with Gasteiger partial charge in [-0.1, -0.05) is 48.5 Å². The van der Waals surface area contributed by atoms with Gasteiger partial charge < -0.3 is 9.84 Å². The first-order valence-electron chi connectivity index (χ1n) is 10.8. The number of likely N-dealkylation sites (tertiary alicyclic amines) is 1. The summed E-state index contributed by atoms with van der Waals surface area (Å²) in [5, 5.41) is 21.6. The summed E-state index contributed by atoms with van der Waals surface area (Å²) in [4.78, 5) is 14.6. The van der Waals surface area contributed by atoms with Crippen molar-refractivity contribution in [3.05, 3.63) is 66.7 Å². The van der Waals surface area contributed by atoms with Gasteiger partial charge in [0.2, 0.25) is 5.88 Å². The number of fused-ring (bicyclic) bond motifs is 2. The molecule has 162 valence electrons. The predicted molar refractivity (Wildman–Crippen MR) is 123 cm³/mol. The van der Waals surface area contributed by atoms with Crippen LogP contribution in [0.1, 0.15) is 12.8 Å². The van der Waals surface area contributed by atoms with Crippen LogP contribution in [0.4, 0.5) is 5.69 Å². The molecule has 0 saturated carbocycles. The first kappa shape index (κ1) is 20.2. The molecule has 0 aliphatic carbocycles. The molecule has 1 amide bonds. The van der Waals surface area contributed by atoms with Crippen LogP contribution in [0.25, 0.3) is 21.7 Å². The van der Waals surface area contributed by atoms with E-state index in [0.29, 0.717) is 18.1 Å². The summed E-state index contributed by atoms with van der Waals surface area (Å²) in [7, 11) is 0. The van der Waals surface area contributed by atoms with Gasteiger partial charge in [0.1, 0.15) is 5.75 Å². The molecular weight excluding hydrogens is 404 g/mol. The number of aromatic nitrogens is 1. The van der Waals surface area contributed by atoms with Gasteiger partial charge in [0, 0.05) is 5.39 Å². The molecule has 1 aromatic heterocycles. The van der Waals surface area contributed by atoms with Crippen molar-refractivity contribution in [3.63, 3.8) is 0 Å². The zero-order valence-electron chi connectivity index (χ0n) is 17.6. The monoisotopic (exact) mass is 428 g/mol. The minimum absolute atomic E-state index is 0.0186. The summed E-state index contributed by atoms with van der Waals surface area (Å²) < 4.78 is 7.42. The molecule has 1 aliphatic rings. The summed E-state index contributed by atoms with van der Waals surface area (Å²) in [5.41, 5.74) is 1.17. The molecular formula is C25H24N4O3. The average molecular weight is 428 g/mol. The van der Waals surface area contributed by atoms with Gasteiger partial charge in [-0.15, -0.1) is 10.2 Å². The van der Waals surface area contributed by atoms with E-state index in [2.05, 4.69) is 15.1 Å². The number of azo groups is 1. The van der Waals surface area contributed by atoms with Crippen molar-refractivity contribution < 1.29 is 14.6 Å². The number of hydrogen-bond donors (Lipinski definition) is 1. The maximum atomic E-state index is 12.3. The van der Waals surface area contributed by atoms with Crippen LogP contribution < -0.4 is 4.74 Å². The van der Waals surface area contributed by atoms with Crippen LogP contribution in [0.2, 0.25) is 0 Å². The van der Waals surface area contributed by atoms with Crippen LogP contribution in [0.15, 0.2) is 77.0 Å². The highest BCUT2D eigenvalue weighted by Gasteiger charge is 2.20. The number of carbonyl (C=O) groups excluding carboxylic acids is 1. The standard InChI is InChI=1S/C25H24N4O3/c30-23(16-32-20-12-11-18-7-1-2-8-19(18)15-20)26-27-24-21-9-3-4-10-22(21)29(25(24)31)17-28-13-5-6-14-28/h1-4,7-12,15,31H,5-6,13-14,16-17H2. The number of hydrogen-bond acceptors (Lipinski definition) is 5. The summed E-state index contributed by atoms with van der Waals surface area (Å²) in [6.07, 6.45) is 2.33. The molecule has 5 rings (SSSR count). The van der Waals surface area contributed by atoms with Gasteiger partial charge in [-0.2, -0.15) is 0 Å². The van der Waals surface area contributed by atoms with Crippen LogP contribution in [0.5, 0.6) is 11.6 Å². The molecule has 0 radical (unpaired) electrons. The quantitative estimate of drug-likeness (QED) is 0.426. The Labute approximate surface area is 185 Å². The Morgan fingerprint density at radius 1 is 0.969 bits per heavy atom. The number of amides is 1. The number of carbonyl (C=O) groups is 1. The summed E-state index contributed by atoms with van der Waals surface area (Å²) in [5.74, 6) is 0.0938. The Bertz CT molecular complexity index is 1310. The molecule has 0 unspecified atom stereocenters. The van der Waals surface area contributed by atoms with Crippen molar-refractivity contribution in [2.75, 3.05) is 19.7 Å². The van der Waals surface area contributed by atoms with E-state index >= 15 is 0 Å². The van der Waals surface area contributed by atoms with Crippen LogP contribution >= 0.6 is 0 Å². The van der Waals surface area contributed by atoms with Crippen molar-refractivity contribution in [3.8, 4) is 11.6 Å². The Balaban J connectivity index is 1.32. The normalized spacial score (nSPS) is 14.6. The largest absolute Gasteiger partial charge is 0.493 e. The van der Waals surface area contributed by atoms with Crippen molar-refractivity contribution in [2.24, 2.45) is 10.2 Å². The maximum absolute atomic E-state index is 12.3. The Hall–Kier alpha value is -3.71. The molecule has 0 spiro atoms. The lowest BCUT2D eigenvalue weighted by molar-refractivity contribution is -0.120. The number of rotatable bonds is 6. The summed E-state index contributed by atoms with van der Waals surface area (Å²) >= 11 is 0. The molecule has 0 bridgehead atoms. The van der Waals surface area contributed by atoms with E-state index < -0.39 is 5.91 Å². The third kappa shape index (κ3) is 4.07. The molecule has 7 nitrogen and oxygen atoms in total. The first-order chi connectivity index (χ1) is 15.7. The zero-order valence-corrected chi connectivity index (χ0v) is 17.6. The van der Waals surface area contributed by atoms with Crippen molar-refractivity contribution in [2.45, 2.75) is 19.5 Å². The molecule has 7 heteroatoms. The number of para-hydroxylation sites is 1.